The number of ether oxygens (including phenoxy) is 3. The van der Waals surface area contributed by atoms with Crippen molar-refractivity contribution in [3.63, 3.8) is 0 Å². The van der Waals surface area contributed by atoms with E-state index in [4.69, 9.17) is 19.3 Å². The third-order valence-corrected chi connectivity index (χ3v) is 3.47. The van der Waals surface area contributed by atoms with Crippen LogP contribution in [0.3, 0.4) is 0 Å². The molecule has 6 nitrogen and oxygen atoms in total. The first-order valence-corrected chi connectivity index (χ1v) is 7.63. The Bertz CT molecular complexity index is 485. The number of rotatable bonds is 8. The largest absolute Gasteiger partial charge is 0.490 e. The van der Waals surface area contributed by atoms with Crippen molar-refractivity contribution in [3.8, 4) is 11.5 Å². The number of nitrogens with zero attached hydrogens (tertiary/aromatic N) is 1. The highest BCUT2D eigenvalue weighted by atomic mass is 16.5. The van der Waals surface area contributed by atoms with E-state index in [9.17, 15) is 4.79 Å². The molecule has 122 valence electrons. The lowest BCUT2D eigenvalue weighted by atomic mass is 10.2. The molecule has 1 saturated heterocycles. The Morgan fingerprint density at radius 2 is 2.05 bits per heavy atom. The molecule has 0 bridgehead atoms. The number of benzene rings is 1. The van der Waals surface area contributed by atoms with Crippen molar-refractivity contribution < 1.29 is 24.1 Å². The molecule has 0 spiro atoms. The van der Waals surface area contributed by atoms with Gasteiger partial charge in [0, 0.05) is 19.6 Å². The minimum absolute atomic E-state index is 0.201. The number of carboxylic acid groups (broad SMARTS) is 1. The standard InChI is InChI=1S/C16H23NO5/c1-2-21-14-5-4-13(16(18)19)12-15(14)22-9-3-6-17-7-10-20-11-8-17/h4-5,12H,2-3,6-11H2,1H3,(H,18,19). The molecule has 0 saturated carbocycles. The molecule has 0 amide bonds. The molecule has 0 aromatic heterocycles. The second-order valence-corrected chi connectivity index (χ2v) is 5.06. The molecule has 0 atom stereocenters. The number of carboxylic acids is 1. The quantitative estimate of drug-likeness (QED) is 0.740. The molecule has 0 aliphatic carbocycles. The molecule has 1 aromatic rings. The third-order valence-electron chi connectivity index (χ3n) is 3.47. The number of carbonyl (C=O) groups is 1. The third kappa shape index (κ3) is 4.89. The Morgan fingerprint density at radius 3 is 2.73 bits per heavy atom. The van der Waals surface area contributed by atoms with E-state index in [-0.39, 0.29) is 5.56 Å². The van der Waals surface area contributed by atoms with Gasteiger partial charge >= 0.3 is 5.97 Å². The number of morpholine rings is 1. The molecule has 1 heterocycles. The second kappa shape index (κ2) is 8.60. The summed E-state index contributed by atoms with van der Waals surface area (Å²) in [6, 6.07) is 4.68. The van der Waals surface area contributed by atoms with E-state index in [2.05, 4.69) is 4.90 Å². The van der Waals surface area contributed by atoms with Crippen molar-refractivity contribution in [2.24, 2.45) is 0 Å². The highest BCUT2D eigenvalue weighted by Crippen LogP contribution is 2.28. The molecule has 1 aromatic carbocycles. The Balaban J connectivity index is 1.86. The summed E-state index contributed by atoms with van der Waals surface area (Å²) < 4.78 is 16.5. The zero-order valence-corrected chi connectivity index (χ0v) is 12.9. The van der Waals surface area contributed by atoms with Crippen LogP contribution in [0.5, 0.6) is 11.5 Å². The Labute approximate surface area is 130 Å². The molecular weight excluding hydrogens is 286 g/mol. The van der Waals surface area contributed by atoms with E-state index in [1.165, 1.54) is 12.1 Å². The van der Waals surface area contributed by atoms with Crippen LogP contribution in [-0.2, 0) is 4.74 Å². The fraction of sp³-hybridized carbons (Fsp3) is 0.562. The van der Waals surface area contributed by atoms with Crippen LogP contribution in [0.25, 0.3) is 0 Å². The Hall–Kier alpha value is -1.79. The summed E-state index contributed by atoms with van der Waals surface area (Å²) in [4.78, 5) is 13.4. The number of hydrogen-bond donors (Lipinski definition) is 1. The first kappa shape index (κ1) is 16.6. The van der Waals surface area contributed by atoms with Crippen molar-refractivity contribution in [1.29, 1.82) is 0 Å². The van der Waals surface area contributed by atoms with Crippen LogP contribution < -0.4 is 9.47 Å². The normalized spacial score (nSPS) is 15.5. The van der Waals surface area contributed by atoms with Gasteiger partial charge in [0.25, 0.3) is 0 Å². The maximum absolute atomic E-state index is 11.0. The number of hydrogen-bond acceptors (Lipinski definition) is 5. The summed E-state index contributed by atoms with van der Waals surface area (Å²) in [7, 11) is 0. The van der Waals surface area contributed by atoms with Gasteiger partial charge in [-0.25, -0.2) is 4.79 Å². The van der Waals surface area contributed by atoms with Gasteiger partial charge in [-0.1, -0.05) is 0 Å². The van der Waals surface area contributed by atoms with Gasteiger partial charge in [0.15, 0.2) is 11.5 Å². The molecule has 0 radical (unpaired) electrons. The number of aromatic carboxylic acids is 1. The van der Waals surface area contributed by atoms with E-state index in [0.717, 1.165) is 39.3 Å². The van der Waals surface area contributed by atoms with Gasteiger partial charge in [0.2, 0.25) is 0 Å². The highest BCUT2D eigenvalue weighted by Gasteiger charge is 2.12. The van der Waals surface area contributed by atoms with Crippen molar-refractivity contribution >= 4 is 5.97 Å². The summed E-state index contributed by atoms with van der Waals surface area (Å²) in [6.45, 7) is 7.36. The molecule has 1 aliphatic rings. The van der Waals surface area contributed by atoms with E-state index < -0.39 is 5.97 Å². The van der Waals surface area contributed by atoms with Crippen LogP contribution in [0, 0.1) is 0 Å². The van der Waals surface area contributed by atoms with Crippen LogP contribution in [0.1, 0.15) is 23.7 Å². The van der Waals surface area contributed by atoms with Gasteiger partial charge < -0.3 is 19.3 Å². The van der Waals surface area contributed by atoms with E-state index >= 15 is 0 Å². The van der Waals surface area contributed by atoms with Crippen LogP contribution in [-0.4, -0.2) is 62.0 Å². The fourth-order valence-corrected chi connectivity index (χ4v) is 2.32. The van der Waals surface area contributed by atoms with Gasteiger partial charge in [-0.05, 0) is 31.5 Å². The predicted molar refractivity (Wildman–Crippen MR) is 81.9 cm³/mol. The molecular formula is C16H23NO5. The Kier molecular flexibility index (Phi) is 6.48. The SMILES string of the molecule is CCOc1ccc(C(=O)O)cc1OCCCN1CCOCC1. The van der Waals surface area contributed by atoms with Gasteiger partial charge in [0.1, 0.15) is 0 Å². The van der Waals surface area contributed by atoms with Crippen molar-refractivity contribution in [2.75, 3.05) is 46.1 Å². The zero-order chi connectivity index (χ0) is 15.8. The van der Waals surface area contributed by atoms with Crippen LogP contribution in [0.4, 0.5) is 0 Å². The predicted octanol–water partition coefficient (Wildman–Crippen LogP) is 1.88. The van der Waals surface area contributed by atoms with Crippen molar-refractivity contribution in [2.45, 2.75) is 13.3 Å². The fourth-order valence-electron chi connectivity index (χ4n) is 2.32. The maximum Gasteiger partial charge on any atom is 0.335 e. The van der Waals surface area contributed by atoms with Crippen LogP contribution in [0.15, 0.2) is 18.2 Å². The second-order valence-electron chi connectivity index (χ2n) is 5.06. The highest BCUT2D eigenvalue weighted by molar-refractivity contribution is 5.88. The first-order chi connectivity index (χ1) is 10.7. The topological polar surface area (TPSA) is 68.2 Å². The summed E-state index contributed by atoms with van der Waals surface area (Å²) in [5.41, 5.74) is 0.201. The summed E-state index contributed by atoms with van der Waals surface area (Å²) in [6.07, 6.45) is 0.878. The first-order valence-electron chi connectivity index (χ1n) is 7.63. The minimum atomic E-state index is -0.971. The van der Waals surface area contributed by atoms with Gasteiger partial charge in [-0.3, -0.25) is 4.90 Å². The zero-order valence-electron chi connectivity index (χ0n) is 12.9. The summed E-state index contributed by atoms with van der Waals surface area (Å²) >= 11 is 0. The average Bonchev–Trinajstić information content (AvgIpc) is 2.54. The lowest BCUT2D eigenvalue weighted by molar-refractivity contribution is 0.0357. The van der Waals surface area contributed by atoms with Gasteiger partial charge in [-0.2, -0.15) is 0 Å². The molecule has 6 heteroatoms. The van der Waals surface area contributed by atoms with E-state index in [1.807, 2.05) is 6.92 Å². The molecule has 2 rings (SSSR count). The van der Waals surface area contributed by atoms with Crippen molar-refractivity contribution in [1.82, 2.24) is 4.90 Å². The van der Waals surface area contributed by atoms with Gasteiger partial charge in [-0.15, -0.1) is 0 Å². The van der Waals surface area contributed by atoms with Gasteiger partial charge in [0.05, 0.1) is 32.0 Å². The molecule has 0 unspecified atom stereocenters. The lowest BCUT2D eigenvalue weighted by Gasteiger charge is -2.26. The van der Waals surface area contributed by atoms with E-state index in [1.54, 1.807) is 6.07 Å². The smallest absolute Gasteiger partial charge is 0.335 e. The molecule has 1 fully saturated rings. The minimum Gasteiger partial charge on any atom is -0.490 e. The summed E-state index contributed by atoms with van der Waals surface area (Å²) in [5.74, 6) is 0.101. The average molecular weight is 309 g/mol. The monoisotopic (exact) mass is 309 g/mol. The lowest BCUT2D eigenvalue weighted by Crippen LogP contribution is -2.37. The van der Waals surface area contributed by atoms with Crippen LogP contribution in [0.2, 0.25) is 0 Å². The van der Waals surface area contributed by atoms with Crippen LogP contribution >= 0.6 is 0 Å². The maximum atomic E-state index is 11.0. The van der Waals surface area contributed by atoms with E-state index in [0.29, 0.717) is 24.7 Å². The molecule has 22 heavy (non-hydrogen) atoms. The molecule has 1 aliphatic heterocycles. The summed E-state index contributed by atoms with van der Waals surface area (Å²) in [5, 5.41) is 9.06. The Morgan fingerprint density at radius 1 is 1.27 bits per heavy atom. The molecule has 1 N–H and O–H groups in total. The van der Waals surface area contributed by atoms with Crippen molar-refractivity contribution in [3.05, 3.63) is 23.8 Å².